The zero-order chi connectivity index (χ0) is 14.0. The van der Waals surface area contributed by atoms with Gasteiger partial charge >= 0.3 is 5.69 Å². The van der Waals surface area contributed by atoms with E-state index in [1.165, 1.54) is 0 Å². The van der Waals surface area contributed by atoms with Crippen LogP contribution in [0.5, 0.6) is 0 Å². The van der Waals surface area contributed by atoms with Crippen LogP contribution in [-0.2, 0) is 0 Å². The number of nitrogens with one attached hydrogen (secondary N) is 1. The summed E-state index contributed by atoms with van der Waals surface area (Å²) >= 11 is 0. The number of aryl methyl sites for hydroxylation is 2. The van der Waals surface area contributed by atoms with E-state index in [4.69, 9.17) is 0 Å². The van der Waals surface area contributed by atoms with Gasteiger partial charge in [0.15, 0.2) is 5.69 Å². The summed E-state index contributed by atoms with van der Waals surface area (Å²) in [6.45, 7) is 3.57. The molecule has 0 atom stereocenters. The predicted octanol–water partition coefficient (Wildman–Crippen LogP) is 2.71. The molecular weight excluding hydrogens is 244 g/mol. The van der Waals surface area contributed by atoms with Gasteiger partial charge in [-0.2, -0.15) is 0 Å². The Hall–Kier alpha value is -2.50. The van der Waals surface area contributed by atoms with Gasteiger partial charge in [-0.15, -0.1) is 0 Å². The van der Waals surface area contributed by atoms with Crippen molar-refractivity contribution in [1.29, 1.82) is 0 Å². The molecule has 0 saturated carbocycles. The Morgan fingerprint density at radius 3 is 2.32 bits per heavy atom. The molecule has 98 valence electrons. The van der Waals surface area contributed by atoms with Gasteiger partial charge < -0.3 is 5.32 Å². The molecule has 1 aromatic carbocycles. The van der Waals surface area contributed by atoms with Gasteiger partial charge in [-0.25, -0.2) is 9.97 Å². The summed E-state index contributed by atoms with van der Waals surface area (Å²) in [6, 6.07) is 7.44. The molecule has 0 aliphatic carbocycles. The van der Waals surface area contributed by atoms with Crippen molar-refractivity contribution in [2.45, 2.75) is 13.8 Å². The zero-order valence-corrected chi connectivity index (χ0v) is 11.0. The van der Waals surface area contributed by atoms with Crippen molar-refractivity contribution < 1.29 is 4.92 Å². The van der Waals surface area contributed by atoms with Crippen LogP contribution >= 0.6 is 0 Å². The molecule has 2 aromatic rings. The van der Waals surface area contributed by atoms with Crippen molar-refractivity contribution in [2.75, 3.05) is 12.4 Å². The second kappa shape index (κ2) is 5.01. The molecule has 1 N–H and O–H groups in total. The molecule has 1 heterocycles. The first-order valence-electron chi connectivity index (χ1n) is 5.80. The summed E-state index contributed by atoms with van der Waals surface area (Å²) in [5, 5.41) is 14.0. The molecule has 6 heteroatoms. The summed E-state index contributed by atoms with van der Waals surface area (Å²) in [6.07, 6.45) is 0. The van der Waals surface area contributed by atoms with E-state index in [0.717, 1.165) is 5.56 Å². The molecule has 0 spiro atoms. The third kappa shape index (κ3) is 2.52. The second-order valence-electron chi connectivity index (χ2n) is 4.20. The van der Waals surface area contributed by atoms with Crippen molar-refractivity contribution in [3.63, 3.8) is 0 Å². The van der Waals surface area contributed by atoms with Crippen LogP contribution in [0, 0.1) is 24.0 Å². The number of rotatable bonds is 3. The minimum absolute atomic E-state index is 0.0529. The number of nitrogens with zero attached hydrogens (tertiary/aromatic N) is 3. The maximum absolute atomic E-state index is 11.2. The third-order valence-corrected chi connectivity index (χ3v) is 2.79. The first-order chi connectivity index (χ1) is 9.02. The molecule has 1 aromatic heterocycles. The van der Waals surface area contributed by atoms with Crippen LogP contribution in [0.2, 0.25) is 0 Å². The van der Waals surface area contributed by atoms with Crippen molar-refractivity contribution in [3.8, 4) is 11.3 Å². The normalized spacial score (nSPS) is 10.3. The van der Waals surface area contributed by atoms with Gasteiger partial charge in [0, 0.05) is 12.6 Å². The molecule has 0 unspecified atom stereocenters. The number of hydrogen-bond donors (Lipinski definition) is 1. The molecule has 0 amide bonds. The lowest BCUT2D eigenvalue weighted by molar-refractivity contribution is -0.385. The molecule has 0 fully saturated rings. The van der Waals surface area contributed by atoms with E-state index < -0.39 is 4.92 Å². The summed E-state index contributed by atoms with van der Waals surface area (Å²) in [4.78, 5) is 19.0. The van der Waals surface area contributed by atoms with E-state index in [2.05, 4.69) is 15.3 Å². The van der Waals surface area contributed by atoms with E-state index >= 15 is 0 Å². The topological polar surface area (TPSA) is 81.0 Å². The van der Waals surface area contributed by atoms with Crippen molar-refractivity contribution in [3.05, 3.63) is 45.6 Å². The summed E-state index contributed by atoms with van der Waals surface area (Å²) in [7, 11) is 1.68. The molecule has 0 aliphatic rings. The fraction of sp³-hybridized carbons (Fsp3) is 0.231. The number of hydrogen-bond acceptors (Lipinski definition) is 5. The monoisotopic (exact) mass is 258 g/mol. The van der Waals surface area contributed by atoms with Gasteiger partial charge in [0.25, 0.3) is 0 Å². The Labute approximate surface area is 110 Å². The predicted molar refractivity (Wildman–Crippen MR) is 73.1 cm³/mol. The molecule has 0 saturated heterocycles. The van der Waals surface area contributed by atoms with E-state index in [9.17, 15) is 10.1 Å². The Morgan fingerprint density at radius 2 is 1.79 bits per heavy atom. The van der Waals surface area contributed by atoms with Crippen LogP contribution in [0.3, 0.4) is 0 Å². The maximum atomic E-state index is 11.2. The van der Waals surface area contributed by atoms with Gasteiger partial charge in [-0.3, -0.25) is 10.1 Å². The van der Waals surface area contributed by atoms with Gasteiger partial charge in [-0.1, -0.05) is 29.8 Å². The molecule has 0 radical (unpaired) electrons. The van der Waals surface area contributed by atoms with Crippen LogP contribution in [0.25, 0.3) is 11.3 Å². The number of anilines is 1. The lowest BCUT2D eigenvalue weighted by Gasteiger charge is -2.07. The largest absolute Gasteiger partial charge is 0.357 e. The lowest BCUT2D eigenvalue weighted by atomic mass is 10.1. The highest BCUT2D eigenvalue weighted by Crippen LogP contribution is 2.31. The smallest absolute Gasteiger partial charge is 0.316 e. The van der Waals surface area contributed by atoms with Crippen LogP contribution in [-0.4, -0.2) is 21.9 Å². The van der Waals surface area contributed by atoms with Crippen molar-refractivity contribution in [2.24, 2.45) is 0 Å². The van der Waals surface area contributed by atoms with E-state index in [0.29, 0.717) is 22.9 Å². The Bertz CT molecular complexity index is 623. The summed E-state index contributed by atoms with van der Waals surface area (Å²) in [5.74, 6) is 0.374. The van der Waals surface area contributed by atoms with Crippen molar-refractivity contribution >= 4 is 11.6 Å². The maximum Gasteiger partial charge on any atom is 0.316 e. The molecule has 0 aliphatic heterocycles. The Kier molecular flexibility index (Phi) is 3.41. The fourth-order valence-electron chi connectivity index (χ4n) is 1.81. The summed E-state index contributed by atoms with van der Waals surface area (Å²) in [5.41, 5.74) is 2.43. The molecule has 19 heavy (non-hydrogen) atoms. The molecule has 0 bridgehead atoms. The number of benzene rings is 1. The van der Waals surface area contributed by atoms with E-state index in [-0.39, 0.29) is 5.69 Å². The number of nitro groups is 1. The van der Waals surface area contributed by atoms with Crippen LogP contribution in [0.4, 0.5) is 11.6 Å². The average molecular weight is 258 g/mol. The number of aromatic nitrogens is 2. The average Bonchev–Trinajstić information content (AvgIpc) is 2.38. The highest BCUT2D eigenvalue weighted by Gasteiger charge is 2.22. The highest BCUT2D eigenvalue weighted by molar-refractivity contribution is 5.72. The lowest BCUT2D eigenvalue weighted by Crippen LogP contribution is -2.05. The minimum atomic E-state index is -0.441. The highest BCUT2D eigenvalue weighted by atomic mass is 16.6. The fourth-order valence-corrected chi connectivity index (χ4v) is 1.81. The van der Waals surface area contributed by atoms with Gasteiger partial charge in [0.2, 0.25) is 5.95 Å². The van der Waals surface area contributed by atoms with Gasteiger partial charge in [0.1, 0.15) is 5.69 Å². The zero-order valence-electron chi connectivity index (χ0n) is 11.0. The van der Waals surface area contributed by atoms with E-state index in [1.807, 2.05) is 31.2 Å². The Morgan fingerprint density at radius 1 is 1.16 bits per heavy atom. The van der Waals surface area contributed by atoms with E-state index in [1.54, 1.807) is 14.0 Å². The molecule has 6 nitrogen and oxygen atoms in total. The standard InChI is InChI=1S/C13H14N4O2/c1-8-4-6-10(7-5-8)11-12(17(18)19)9(2)15-13(14-3)16-11/h4-7H,1-3H3,(H,14,15,16). The van der Waals surface area contributed by atoms with Crippen LogP contribution in [0.15, 0.2) is 24.3 Å². The van der Waals surface area contributed by atoms with Gasteiger partial charge in [-0.05, 0) is 13.8 Å². The van der Waals surface area contributed by atoms with Crippen molar-refractivity contribution in [1.82, 2.24) is 9.97 Å². The molecular formula is C13H14N4O2. The summed E-state index contributed by atoms with van der Waals surface area (Å²) < 4.78 is 0. The van der Waals surface area contributed by atoms with Gasteiger partial charge in [0.05, 0.1) is 4.92 Å². The first kappa shape index (κ1) is 12.9. The molecule has 2 rings (SSSR count). The minimum Gasteiger partial charge on any atom is -0.357 e. The second-order valence-corrected chi connectivity index (χ2v) is 4.20. The SMILES string of the molecule is CNc1nc(C)c([N+](=O)[O-])c(-c2ccc(C)cc2)n1. The Balaban J connectivity index is 2.68. The quantitative estimate of drug-likeness (QED) is 0.676. The first-order valence-corrected chi connectivity index (χ1v) is 5.80. The third-order valence-electron chi connectivity index (χ3n) is 2.79. The van der Waals surface area contributed by atoms with Crippen LogP contribution < -0.4 is 5.32 Å². The van der Waals surface area contributed by atoms with Crippen LogP contribution in [0.1, 0.15) is 11.3 Å².